The molecule has 26 heavy (non-hydrogen) atoms. The molecule has 6 nitrogen and oxygen atoms in total. The second-order valence-electron chi connectivity index (χ2n) is 8.27. The Morgan fingerprint density at radius 1 is 1.35 bits per heavy atom. The van der Waals surface area contributed by atoms with E-state index in [-0.39, 0.29) is 18.1 Å². The van der Waals surface area contributed by atoms with E-state index in [2.05, 4.69) is 19.2 Å². The molecule has 1 aromatic carbocycles. The van der Waals surface area contributed by atoms with Crippen molar-refractivity contribution in [2.24, 2.45) is 5.41 Å². The van der Waals surface area contributed by atoms with Crippen LogP contribution in [0.25, 0.3) is 0 Å². The van der Waals surface area contributed by atoms with Crippen LogP contribution in [0.15, 0.2) is 12.1 Å². The Morgan fingerprint density at radius 2 is 2.12 bits per heavy atom. The molecule has 0 spiro atoms. The maximum Gasteiger partial charge on any atom is 0.262 e. The number of ketones is 1. The Balaban J connectivity index is 1.78. The molecule has 1 aromatic rings. The highest BCUT2D eigenvalue weighted by atomic mass is 32.2. The first kappa shape index (κ1) is 19.3. The van der Waals surface area contributed by atoms with Gasteiger partial charge in [-0.2, -0.15) is 0 Å². The zero-order chi connectivity index (χ0) is 18.9. The highest BCUT2D eigenvalue weighted by Gasteiger charge is 2.29. The number of rotatable bonds is 4. The molecule has 3 N–H and O–H groups in total. The molecule has 144 valence electrons. The summed E-state index contributed by atoms with van der Waals surface area (Å²) in [4.78, 5) is 11.9. The van der Waals surface area contributed by atoms with Crippen molar-refractivity contribution in [3.05, 3.63) is 23.3 Å². The van der Waals surface area contributed by atoms with Crippen LogP contribution in [0.2, 0.25) is 0 Å². The van der Waals surface area contributed by atoms with Gasteiger partial charge < -0.3 is 10.4 Å². The summed E-state index contributed by atoms with van der Waals surface area (Å²) in [7, 11) is 0. The molecule has 1 unspecified atom stereocenters. The van der Waals surface area contributed by atoms with E-state index in [1.54, 1.807) is 6.07 Å². The normalized spacial score (nSPS) is 24.0. The lowest BCUT2D eigenvalue weighted by Gasteiger charge is -2.35. The van der Waals surface area contributed by atoms with E-state index in [0.29, 0.717) is 36.5 Å². The molecule has 0 radical (unpaired) electrons. The quantitative estimate of drug-likeness (QED) is 0.699. The van der Waals surface area contributed by atoms with Crippen LogP contribution in [0.4, 0.5) is 5.69 Å². The van der Waals surface area contributed by atoms with Gasteiger partial charge in [0.25, 0.3) is 11.3 Å². The predicted octanol–water partition coefficient (Wildman–Crippen LogP) is 2.91. The first-order chi connectivity index (χ1) is 12.2. The summed E-state index contributed by atoms with van der Waals surface area (Å²) >= 11 is -2.34. The first-order valence-corrected chi connectivity index (χ1v) is 10.3. The third-order valence-corrected chi connectivity index (χ3v) is 6.15. The molecule has 1 saturated carbocycles. The molecule has 1 aliphatic heterocycles. The molecule has 3 rings (SSSR count). The molecule has 7 heteroatoms. The number of phenolic OH excluding ortho intramolecular Hbond substituents is 1. The van der Waals surface area contributed by atoms with Gasteiger partial charge in [0.15, 0.2) is 5.78 Å². The number of Topliss-reactive ketones (excluding diaryl/α,β-unsaturated/α-hetero) is 1. The third-order valence-electron chi connectivity index (χ3n) is 5.46. The fraction of sp³-hybridized carbons (Fsp3) is 0.632. The van der Waals surface area contributed by atoms with Crippen LogP contribution in [-0.2, 0) is 29.0 Å². The second kappa shape index (κ2) is 7.66. The molecular weight excluding hydrogens is 352 g/mol. The van der Waals surface area contributed by atoms with Gasteiger partial charge in [0.2, 0.25) is 0 Å². The number of hydrogen-bond acceptors (Lipinski definition) is 4. The number of fused-ring (bicyclic) bond motifs is 1. The first-order valence-electron chi connectivity index (χ1n) is 9.23. The van der Waals surface area contributed by atoms with Crippen molar-refractivity contribution in [3.8, 4) is 5.75 Å². The molecule has 1 heterocycles. The lowest BCUT2D eigenvalue weighted by atomic mass is 9.75. The molecular formula is C19H28N2O4S. The lowest BCUT2D eigenvalue weighted by molar-refractivity contribution is -0.117. The molecule has 1 aliphatic carbocycles. The van der Waals surface area contributed by atoms with Crippen molar-refractivity contribution >= 4 is 22.7 Å². The highest BCUT2D eigenvalue weighted by Crippen LogP contribution is 2.37. The minimum absolute atomic E-state index is 0.0413. The number of hydrogen-bond donors (Lipinski definition) is 3. The van der Waals surface area contributed by atoms with Crippen LogP contribution >= 0.6 is 0 Å². The molecule has 0 amide bonds. The average molecular weight is 381 g/mol. The van der Waals surface area contributed by atoms with Crippen molar-refractivity contribution in [1.29, 1.82) is 0 Å². The van der Waals surface area contributed by atoms with E-state index in [1.165, 1.54) is 12.8 Å². The van der Waals surface area contributed by atoms with Crippen LogP contribution in [0.1, 0.15) is 57.1 Å². The van der Waals surface area contributed by atoms with E-state index < -0.39 is 11.3 Å². The summed E-state index contributed by atoms with van der Waals surface area (Å²) in [5.74, 6) is -0.146. The number of carbonyl (C=O) groups excluding carboxylic acids is 1. The summed E-state index contributed by atoms with van der Waals surface area (Å²) in [6, 6.07) is 4.03. The number of benzene rings is 1. The molecule has 0 aromatic heterocycles. The molecule has 2 atom stereocenters. The van der Waals surface area contributed by atoms with Crippen LogP contribution in [-0.4, -0.2) is 32.2 Å². The van der Waals surface area contributed by atoms with Crippen LogP contribution < -0.4 is 9.62 Å². The smallest absolute Gasteiger partial charge is 0.262 e. The van der Waals surface area contributed by atoms with Gasteiger partial charge in [-0.3, -0.25) is 13.7 Å². The average Bonchev–Trinajstić information content (AvgIpc) is 2.72. The van der Waals surface area contributed by atoms with Crippen LogP contribution in [0.3, 0.4) is 0 Å². The minimum Gasteiger partial charge on any atom is -0.506 e. The van der Waals surface area contributed by atoms with Gasteiger partial charge in [-0.05, 0) is 48.3 Å². The number of aromatic hydroxyl groups is 1. The number of nitrogens with zero attached hydrogens (tertiary/aromatic N) is 1. The second-order valence-corrected chi connectivity index (χ2v) is 9.17. The van der Waals surface area contributed by atoms with Crippen molar-refractivity contribution in [3.63, 3.8) is 0 Å². The summed E-state index contributed by atoms with van der Waals surface area (Å²) in [5, 5.41) is 14.0. The molecule has 0 bridgehead atoms. The van der Waals surface area contributed by atoms with Gasteiger partial charge in [-0.15, -0.1) is 0 Å². The number of nitrogens with one attached hydrogen (secondary N) is 1. The zero-order valence-corrected chi connectivity index (χ0v) is 16.3. The SMILES string of the molecule is CC1(C)CCC[C@H](NCc2cc(O)c3c(c2)CCC(=O)CN3S(=O)O)C1. The summed E-state index contributed by atoms with van der Waals surface area (Å²) in [6.45, 7) is 5.08. The van der Waals surface area contributed by atoms with E-state index in [0.717, 1.165) is 28.3 Å². The number of phenols is 1. The molecule has 2 aliphatic rings. The Kier molecular flexibility index (Phi) is 5.69. The monoisotopic (exact) mass is 380 g/mol. The topological polar surface area (TPSA) is 89.9 Å². The summed E-state index contributed by atoms with van der Waals surface area (Å²) < 4.78 is 22.2. The number of anilines is 1. The lowest BCUT2D eigenvalue weighted by Crippen LogP contribution is -2.36. The number of carbonyl (C=O) groups is 1. The zero-order valence-electron chi connectivity index (χ0n) is 15.5. The Bertz CT molecular complexity index is 720. The van der Waals surface area contributed by atoms with Crippen molar-refractivity contribution in [2.75, 3.05) is 10.8 Å². The Hall–Kier alpha value is -1.44. The fourth-order valence-corrected chi connectivity index (χ4v) is 4.80. The van der Waals surface area contributed by atoms with E-state index in [9.17, 15) is 18.7 Å². The third kappa shape index (κ3) is 4.45. The van der Waals surface area contributed by atoms with E-state index >= 15 is 0 Å². The Labute approximate surface area is 157 Å². The van der Waals surface area contributed by atoms with E-state index in [1.807, 2.05) is 6.07 Å². The molecule has 1 fully saturated rings. The summed E-state index contributed by atoms with van der Waals surface area (Å²) in [5.41, 5.74) is 2.35. The van der Waals surface area contributed by atoms with Crippen LogP contribution in [0.5, 0.6) is 5.75 Å². The van der Waals surface area contributed by atoms with Crippen molar-refractivity contribution < 1.29 is 18.7 Å². The fourth-order valence-electron chi connectivity index (χ4n) is 4.18. The van der Waals surface area contributed by atoms with Crippen LogP contribution in [0, 0.1) is 5.41 Å². The maximum absolute atomic E-state index is 11.9. The predicted molar refractivity (Wildman–Crippen MR) is 102 cm³/mol. The summed E-state index contributed by atoms with van der Waals surface area (Å²) in [6.07, 6.45) is 5.56. The van der Waals surface area contributed by atoms with Gasteiger partial charge >= 0.3 is 0 Å². The van der Waals surface area contributed by atoms with Crippen molar-refractivity contribution in [1.82, 2.24) is 5.32 Å². The maximum atomic E-state index is 11.9. The number of aryl methyl sites for hydroxylation is 1. The van der Waals surface area contributed by atoms with Crippen molar-refractivity contribution in [2.45, 2.75) is 65.0 Å². The van der Waals surface area contributed by atoms with Gasteiger partial charge in [0, 0.05) is 19.0 Å². The Morgan fingerprint density at radius 3 is 2.81 bits per heavy atom. The standard InChI is InChI=1S/C19H28N2O4S/c1-19(2)7-3-4-15(10-19)20-11-13-8-14-5-6-16(22)12-21(26(24)25)18(14)17(23)9-13/h8-9,15,20,23H,3-7,10-12H2,1-2H3,(H,24,25)/t15-/m0/s1. The largest absolute Gasteiger partial charge is 0.506 e. The minimum atomic E-state index is -2.34. The van der Waals surface area contributed by atoms with Gasteiger partial charge in [0.05, 0.1) is 12.2 Å². The van der Waals surface area contributed by atoms with Gasteiger partial charge in [-0.1, -0.05) is 26.3 Å². The van der Waals surface area contributed by atoms with Gasteiger partial charge in [-0.25, -0.2) is 4.21 Å². The molecule has 0 saturated heterocycles. The van der Waals surface area contributed by atoms with Gasteiger partial charge in [0.1, 0.15) is 5.75 Å². The highest BCUT2D eigenvalue weighted by molar-refractivity contribution is 7.80. The van der Waals surface area contributed by atoms with E-state index in [4.69, 9.17) is 0 Å².